The zero-order chi connectivity index (χ0) is 13.2. The Labute approximate surface area is 112 Å². The predicted molar refractivity (Wildman–Crippen MR) is 75.7 cm³/mol. The van der Waals surface area contributed by atoms with Gasteiger partial charge in [0.05, 0.1) is 16.0 Å². The molecule has 0 aliphatic heterocycles. The second kappa shape index (κ2) is 5.36. The summed E-state index contributed by atoms with van der Waals surface area (Å²) in [6.45, 7) is 4.16. The first-order chi connectivity index (χ1) is 8.53. The molecular formula is C13H17NO2S2. The summed E-state index contributed by atoms with van der Waals surface area (Å²) >= 11 is 1.26. The molecule has 1 aromatic heterocycles. The monoisotopic (exact) mass is 283 g/mol. The van der Waals surface area contributed by atoms with Crippen molar-refractivity contribution in [1.29, 1.82) is 0 Å². The molecule has 0 N–H and O–H groups in total. The minimum atomic E-state index is -3.22. The number of sulfone groups is 1. The fourth-order valence-corrected chi connectivity index (χ4v) is 4.48. The molecule has 2 rings (SSSR count). The Kier molecular flexibility index (Phi) is 4.02. The van der Waals surface area contributed by atoms with E-state index >= 15 is 0 Å². The molecule has 0 saturated carbocycles. The molecule has 0 unspecified atom stereocenters. The topological polar surface area (TPSA) is 47.0 Å². The highest BCUT2D eigenvalue weighted by atomic mass is 32.2. The van der Waals surface area contributed by atoms with E-state index in [0.717, 1.165) is 16.6 Å². The first-order valence-corrected chi connectivity index (χ1v) is 8.58. The van der Waals surface area contributed by atoms with Crippen molar-refractivity contribution in [2.24, 2.45) is 5.92 Å². The number of rotatable bonds is 5. The number of hydrogen-bond donors (Lipinski definition) is 0. The van der Waals surface area contributed by atoms with Gasteiger partial charge in [0.1, 0.15) is 0 Å². The third-order valence-corrected chi connectivity index (χ3v) is 6.36. The molecule has 98 valence electrons. The van der Waals surface area contributed by atoms with Crippen molar-refractivity contribution in [1.82, 2.24) is 4.98 Å². The molecule has 0 radical (unpaired) electrons. The highest BCUT2D eigenvalue weighted by Gasteiger charge is 2.20. The first kappa shape index (κ1) is 13.5. The molecule has 3 nitrogen and oxygen atoms in total. The van der Waals surface area contributed by atoms with E-state index in [0.29, 0.717) is 12.3 Å². The van der Waals surface area contributed by atoms with Crippen molar-refractivity contribution in [3.8, 4) is 0 Å². The van der Waals surface area contributed by atoms with Crippen LogP contribution in [0.25, 0.3) is 10.2 Å². The van der Waals surface area contributed by atoms with E-state index < -0.39 is 9.84 Å². The summed E-state index contributed by atoms with van der Waals surface area (Å²) in [6.07, 6.45) is 1.71. The average Bonchev–Trinajstić information content (AvgIpc) is 2.80. The molecule has 0 fully saturated rings. The second-order valence-electron chi connectivity index (χ2n) is 4.57. The largest absolute Gasteiger partial charge is 0.225 e. The molecule has 0 bridgehead atoms. The van der Waals surface area contributed by atoms with Gasteiger partial charge in [0.15, 0.2) is 0 Å². The smallest absolute Gasteiger partial charge is 0.210 e. The molecule has 0 aliphatic rings. The van der Waals surface area contributed by atoms with Crippen LogP contribution in [-0.2, 0) is 9.84 Å². The van der Waals surface area contributed by atoms with Crippen LogP contribution in [0.2, 0.25) is 0 Å². The van der Waals surface area contributed by atoms with Crippen LogP contribution < -0.4 is 0 Å². The Balaban J connectivity index is 2.24. The van der Waals surface area contributed by atoms with Crippen LogP contribution in [0.1, 0.15) is 26.7 Å². The number of aromatic nitrogens is 1. The maximum Gasteiger partial charge on any atom is 0.210 e. The summed E-state index contributed by atoms with van der Waals surface area (Å²) in [6, 6.07) is 7.52. The van der Waals surface area contributed by atoms with Gasteiger partial charge in [0.2, 0.25) is 14.2 Å². The van der Waals surface area contributed by atoms with Crippen molar-refractivity contribution in [2.75, 3.05) is 5.75 Å². The summed E-state index contributed by atoms with van der Waals surface area (Å²) < 4.78 is 25.5. The number of fused-ring (bicyclic) bond motifs is 1. The second-order valence-corrected chi connectivity index (χ2v) is 7.88. The Hall–Kier alpha value is -0.940. The van der Waals surface area contributed by atoms with E-state index in [2.05, 4.69) is 18.8 Å². The van der Waals surface area contributed by atoms with E-state index in [1.807, 2.05) is 24.3 Å². The zero-order valence-corrected chi connectivity index (χ0v) is 12.2. The van der Waals surface area contributed by atoms with E-state index in [4.69, 9.17) is 0 Å². The third kappa shape index (κ3) is 2.90. The van der Waals surface area contributed by atoms with E-state index in [-0.39, 0.29) is 10.1 Å². The van der Waals surface area contributed by atoms with Gasteiger partial charge in [0.25, 0.3) is 0 Å². The van der Waals surface area contributed by atoms with Crippen LogP contribution in [0, 0.1) is 5.92 Å². The van der Waals surface area contributed by atoms with Gasteiger partial charge in [0, 0.05) is 0 Å². The molecule has 1 heterocycles. The molecule has 5 heteroatoms. The number of benzene rings is 1. The van der Waals surface area contributed by atoms with Gasteiger partial charge >= 0.3 is 0 Å². The van der Waals surface area contributed by atoms with Crippen molar-refractivity contribution in [3.05, 3.63) is 24.3 Å². The van der Waals surface area contributed by atoms with Crippen LogP contribution in [0.4, 0.5) is 0 Å². The van der Waals surface area contributed by atoms with Gasteiger partial charge in [-0.15, -0.1) is 11.3 Å². The molecule has 0 aliphatic carbocycles. The summed E-state index contributed by atoms with van der Waals surface area (Å²) in [4.78, 5) is 4.22. The van der Waals surface area contributed by atoms with Crippen LogP contribution in [0.5, 0.6) is 0 Å². The van der Waals surface area contributed by atoms with Crippen LogP contribution >= 0.6 is 11.3 Å². The average molecular weight is 283 g/mol. The quantitative estimate of drug-likeness (QED) is 0.843. The molecule has 2 aromatic rings. The molecular weight excluding hydrogens is 266 g/mol. The van der Waals surface area contributed by atoms with E-state index in [1.54, 1.807) is 0 Å². The Morgan fingerprint density at radius 3 is 2.72 bits per heavy atom. The first-order valence-electron chi connectivity index (χ1n) is 6.11. The summed E-state index contributed by atoms with van der Waals surface area (Å²) in [7, 11) is -3.22. The van der Waals surface area contributed by atoms with Crippen molar-refractivity contribution < 1.29 is 8.42 Å². The van der Waals surface area contributed by atoms with E-state index in [9.17, 15) is 8.42 Å². The lowest BCUT2D eigenvalue weighted by atomic mass is 10.1. The lowest BCUT2D eigenvalue weighted by Gasteiger charge is -2.06. The Morgan fingerprint density at radius 2 is 2.06 bits per heavy atom. The zero-order valence-electron chi connectivity index (χ0n) is 10.6. The number of nitrogens with zero attached hydrogens (tertiary/aromatic N) is 1. The van der Waals surface area contributed by atoms with E-state index in [1.165, 1.54) is 11.3 Å². The number of hydrogen-bond acceptors (Lipinski definition) is 4. The molecule has 0 saturated heterocycles. The van der Waals surface area contributed by atoms with Crippen molar-refractivity contribution in [3.63, 3.8) is 0 Å². The fourth-order valence-electron chi connectivity index (χ4n) is 1.63. The molecule has 1 aromatic carbocycles. The summed E-state index contributed by atoms with van der Waals surface area (Å²) in [5, 5.41) is 0. The van der Waals surface area contributed by atoms with Crippen LogP contribution in [0.3, 0.4) is 0 Å². The van der Waals surface area contributed by atoms with Gasteiger partial charge in [-0.2, -0.15) is 0 Å². The molecule has 0 amide bonds. The molecule has 18 heavy (non-hydrogen) atoms. The van der Waals surface area contributed by atoms with Crippen molar-refractivity contribution in [2.45, 2.75) is 31.0 Å². The minimum Gasteiger partial charge on any atom is -0.225 e. The molecule has 0 spiro atoms. The normalized spacial score (nSPS) is 13.9. The van der Waals surface area contributed by atoms with Gasteiger partial charge in [-0.25, -0.2) is 13.4 Å². The highest BCUT2D eigenvalue weighted by Crippen LogP contribution is 2.26. The van der Waals surface area contributed by atoms with Gasteiger partial charge < -0.3 is 0 Å². The molecule has 1 atom stereocenters. The predicted octanol–water partition coefficient (Wildman–Crippen LogP) is 3.51. The minimum absolute atomic E-state index is 0.196. The van der Waals surface area contributed by atoms with Gasteiger partial charge in [-0.1, -0.05) is 32.4 Å². The number of para-hydroxylation sites is 1. The van der Waals surface area contributed by atoms with Crippen LogP contribution in [0.15, 0.2) is 28.6 Å². The Bertz CT molecular complexity index is 598. The standard InChI is InChI=1S/C13H17NO2S2/c1-3-10(2)8-9-18(15,16)13-14-11-6-4-5-7-12(11)17-13/h4-7,10H,3,8-9H2,1-2H3/t10-/m1/s1. The fraction of sp³-hybridized carbons (Fsp3) is 0.462. The van der Waals surface area contributed by atoms with Crippen molar-refractivity contribution >= 4 is 31.4 Å². The van der Waals surface area contributed by atoms with Crippen LogP contribution in [-0.4, -0.2) is 19.2 Å². The lowest BCUT2D eigenvalue weighted by molar-refractivity contribution is 0.532. The third-order valence-electron chi connectivity index (χ3n) is 3.12. The SMILES string of the molecule is CC[C@@H](C)CCS(=O)(=O)c1nc2ccccc2s1. The van der Waals surface area contributed by atoms with Gasteiger partial charge in [-0.05, 0) is 24.5 Å². The lowest BCUT2D eigenvalue weighted by Crippen LogP contribution is -2.09. The summed E-state index contributed by atoms with van der Waals surface area (Å²) in [5.74, 6) is 0.635. The number of thiazole rings is 1. The maximum absolute atomic E-state index is 12.2. The Morgan fingerprint density at radius 1 is 1.33 bits per heavy atom. The summed E-state index contributed by atoms with van der Waals surface area (Å²) in [5.41, 5.74) is 0.768. The maximum atomic E-state index is 12.2. The van der Waals surface area contributed by atoms with Gasteiger partial charge in [-0.3, -0.25) is 0 Å². The highest BCUT2D eigenvalue weighted by molar-refractivity contribution is 7.93.